The Morgan fingerprint density at radius 3 is 2.58 bits per heavy atom. The highest BCUT2D eigenvalue weighted by atomic mass is 35.5. The number of carbonyl (C=O) groups excluding carboxylic acids is 1. The van der Waals surface area contributed by atoms with Crippen LogP contribution in [0.25, 0.3) is 11.3 Å². The van der Waals surface area contributed by atoms with Crippen LogP contribution in [-0.4, -0.2) is 22.5 Å². The van der Waals surface area contributed by atoms with E-state index in [-0.39, 0.29) is 0 Å². The molecule has 2 aromatic carbocycles. The summed E-state index contributed by atoms with van der Waals surface area (Å²) in [5, 5.41) is 0.689. The van der Waals surface area contributed by atoms with Gasteiger partial charge in [0.25, 0.3) is 0 Å². The van der Waals surface area contributed by atoms with Crippen LogP contribution in [-0.2, 0) is 16.2 Å². The number of hydrogen-bond acceptors (Lipinski definition) is 6. The van der Waals surface area contributed by atoms with Gasteiger partial charge in [0, 0.05) is 30.6 Å². The molecule has 6 nitrogen and oxygen atoms in total. The molecule has 0 aliphatic rings. The van der Waals surface area contributed by atoms with Crippen molar-refractivity contribution in [2.24, 2.45) is 0 Å². The lowest BCUT2D eigenvalue weighted by atomic mass is 10.1. The van der Waals surface area contributed by atoms with Gasteiger partial charge < -0.3 is 4.90 Å². The maximum absolute atomic E-state index is 11.0. The summed E-state index contributed by atoms with van der Waals surface area (Å²) in [4.78, 5) is 32.2. The van der Waals surface area contributed by atoms with Gasteiger partial charge in [-0.3, -0.25) is 14.8 Å². The Bertz CT molecular complexity index is 1020. The molecule has 0 saturated heterocycles. The number of nitrogens with zero attached hydrogens (tertiary/aromatic N) is 3. The Kier molecular flexibility index (Phi) is 7.84. The average Bonchev–Trinajstić information content (AvgIpc) is 2.76. The molecule has 0 amide bonds. The van der Waals surface area contributed by atoms with Gasteiger partial charge in [-0.15, -0.1) is 0 Å². The zero-order chi connectivity index (χ0) is 22.2. The van der Waals surface area contributed by atoms with E-state index in [0.29, 0.717) is 17.3 Å². The Balaban J connectivity index is 1.82. The Labute approximate surface area is 187 Å². The van der Waals surface area contributed by atoms with E-state index in [2.05, 4.69) is 21.7 Å². The van der Waals surface area contributed by atoms with E-state index in [1.807, 2.05) is 43.3 Å². The number of carbonyl (C=O) groups is 1. The Morgan fingerprint density at radius 2 is 1.90 bits per heavy atom. The number of halogens is 1. The summed E-state index contributed by atoms with van der Waals surface area (Å²) in [6.07, 6.45) is 5.67. The highest BCUT2D eigenvalue weighted by Gasteiger charge is 2.13. The van der Waals surface area contributed by atoms with Crippen molar-refractivity contribution in [1.82, 2.24) is 9.97 Å². The van der Waals surface area contributed by atoms with Crippen LogP contribution in [0.15, 0.2) is 54.9 Å². The molecule has 162 valence electrons. The highest BCUT2D eigenvalue weighted by Crippen LogP contribution is 2.24. The number of hydrogen-bond donors (Lipinski definition) is 0. The second kappa shape index (κ2) is 10.8. The third kappa shape index (κ3) is 6.43. The molecule has 0 saturated carbocycles. The fraction of sp³-hybridized carbons (Fsp3) is 0.292. The first-order chi connectivity index (χ1) is 15.0. The number of aryl methyl sites for hydroxylation is 1. The molecule has 0 unspecified atom stereocenters. The normalized spacial score (nSPS) is 10.6. The zero-order valence-corrected chi connectivity index (χ0v) is 18.7. The third-order valence-corrected chi connectivity index (χ3v) is 4.98. The minimum absolute atomic E-state index is 0.492. The first-order valence-electron chi connectivity index (χ1n) is 10.2. The zero-order valence-electron chi connectivity index (χ0n) is 18.0. The molecule has 3 rings (SSSR count). The molecule has 1 heterocycles. The van der Waals surface area contributed by atoms with Crippen molar-refractivity contribution in [2.45, 2.75) is 40.2 Å². The molecule has 0 spiro atoms. The summed E-state index contributed by atoms with van der Waals surface area (Å²) in [5.74, 6) is 0.843. The molecule has 0 N–H and O–H groups in total. The van der Waals surface area contributed by atoms with Crippen molar-refractivity contribution in [3.63, 3.8) is 0 Å². The topological polar surface area (TPSA) is 64.6 Å². The molecule has 0 bridgehead atoms. The van der Waals surface area contributed by atoms with Crippen molar-refractivity contribution in [3.05, 3.63) is 71.0 Å². The van der Waals surface area contributed by atoms with E-state index in [1.165, 1.54) is 6.92 Å². The lowest BCUT2D eigenvalue weighted by molar-refractivity contribution is -0.211. The number of unbranched alkanes of at least 4 members (excludes halogenated alkanes) is 1. The number of aromatic nitrogens is 2. The SMILES string of the molecule is CCCCN(Cc1ccc(OOC(C)=O)c(C)c1)c1cncc(-c2ccc(Cl)cc2)n1. The van der Waals surface area contributed by atoms with E-state index in [9.17, 15) is 4.79 Å². The Hall–Kier alpha value is -3.12. The van der Waals surface area contributed by atoms with Gasteiger partial charge in [-0.2, -0.15) is 0 Å². The van der Waals surface area contributed by atoms with Crippen molar-refractivity contribution in [1.29, 1.82) is 0 Å². The van der Waals surface area contributed by atoms with Crippen LogP contribution in [0, 0.1) is 6.92 Å². The third-order valence-electron chi connectivity index (χ3n) is 4.73. The van der Waals surface area contributed by atoms with E-state index < -0.39 is 5.97 Å². The quantitative estimate of drug-likeness (QED) is 0.311. The molecule has 0 aliphatic carbocycles. The van der Waals surface area contributed by atoms with Gasteiger partial charge >= 0.3 is 5.97 Å². The van der Waals surface area contributed by atoms with E-state index in [4.69, 9.17) is 21.5 Å². The van der Waals surface area contributed by atoms with Crippen LogP contribution in [0.2, 0.25) is 5.02 Å². The smallest absolute Gasteiger partial charge is 0.351 e. The summed E-state index contributed by atoms with van der Waals surface area (Å²) in [6.45, 7) is 6.92. The summed E-state index contributed by atoms with van der Waals surface area (Å²) in [5.41, 5.74) is 3.76. The maximum atomic E-state index is 11.0. The van der Waals surface area contributed by atoms with Crippen molar-refractivity contribution >= 4 is 23.4 Å². The fourth-order valence-corrected chi connectivity index (χ4v) is 3.24. The minimum atomic E-state index is -0.492. The lowest BCUT2D eigenvalue weighted by Gasteiger charge is -2.24. The molecule has 31 heavy (non-hydrogen) atoms. The van der Waals surface area contributed by atoms with E-state index >= 15 is 0 Å². The molecule has 1 aromatic heterocycles. The Morgan fingerprint density at radius 1 is 1.13 bits per heavy atom. The largest absolute Gasteiger partial charge is 0.352 e. The van der Waals surface area contributed by atoms with Gasteiger partial charge in [-0.1, -0.05) is 49.2 Å². The van der Waals surface area contributed by atoms with E-state index in [0.717, 1.165) is 47.6 Å². The van der Waals surface area contributed by atoms with Crippen molar-refractivity contribution in [2.75, 3.05) is 11.4 Å². The van der Waals surface area contributed by atoms with Gasteiger partial charge in [0.05, 0.1) is 18.1 Å². The molecule has 0 aliphatic heterocycles. The van der Waals surface area contributed by atoms with Crippen molar-refractivity contribution < 1.29 is 14.6 Å². The molecule has 0 radical (unpaired) electrons. The summed E-state index contributed by atoms with van der Waals surface area (Å²) in [7, 11) is 0. The average molecular weight is 440 g/mol. The molecule has 7 heteroatoms. The van der Waals surface area contributed by atoms with E-state index in [1.54, 1.807) is 18.5 Å². The van der Waals surface area contributed by atoms with Crippen LogP contribution < -0.4 is 9.79 Å². The van der Waals surface area contributed by atoms with Crippen LogP contribution >= 0.6 is 11.6 Å². The predicted molar refractivity (Wildman–Crippen MR) is 122 cm³/mol. The lowest BCUT2D eigenvalue weighted by Crippen LogP contribution is -2.25. The van der Waals surface area contributed by atoms with Crippen LogP contribution in [0.5, 0.6) is 5.75 Å². The number of benzene rings is 2. The number of anilines is 1. The van der Waals surface area contributed by atoms with Gasteiger partial charge in [0.2, 0.25) is 0 Å². The molecule has 0 atom stereocenters. The van der Waals surface area contributed by atoms with Gasteiger partial charge in [0.15, 0.2) is 5.75 Å². The second-order valence-electron chi connectivity index (χ2n) is 7.30. The van der Waals surface area contributed by atoms with Crippen molar-refractivity contribution in [3.8, 4) is 17.0 Å². The summed E-state index contributed by atoms with van der Waals surface area (Å²) in [6, 6.07) is 13.4. The van der Waals surface area contributed by atoms with Crippen LogP contribution in [0.3, 0.4) is 0 Å². The van der Waals surface area contributed by atoms with Gasteiger partial charge in [0.1, 0.15) is 5.82 Å². The first kappa shape index (κ1) is 22.6. The highest BCUT2D eigenvalue weighted by molar-refractivity contribution is 6.30. The van der Waals surface area contributed by atoms with Crippen LogP contribution in [0.4, 0.5) is 5.82 Å². The second-order valence-corrected chi connectivity index (χ2v) is 7.74. The predicted octanol–water partition coefficient (Wildman–Crippen LogP) is 5.77. The van der Waals surface area contributed by atoms with Gasteiger partial charge in [-0.05, 0) is 42.7 Å². The molecular weight excluding hydrogens is 414 g/mol. The molecular formula is C24H26ClN3O3. The maximum Gasteiger partial charge on any atom is 0.352 e. The monoisotopic (exact) mass is 439 g/mol. The summed E-state index contributed by atoms with van der Waals surface area (Å²) < 4.78 is 0. The number of rotatable bonds is 9. The molecule has 3 aromatic rings. The fourth-order valence-electron chi connectivity index (χ4n) is 3.12. The minimum Gasteiger partial charge on any atom is -0.351 e. The standard InChI is InChI=1S/C24H26ClN3O3/c1-4-5-12-28(16-19-6-11-23(17(2)13-19)31-30-18(3)29)24-15-26-14-22(27-24)20-7-9-21(25)10-8-20/h6-11,13-15H,4-5,12,16H2,1-3H3. The molecule has 0 fully saturated rings. The van der Waals surface area contributed by atoms with Crippen LogP contribution in [0.1, 0.15) is 37.8 Å². The summed E-state index contributed by atoms with van der Waals surface area (Å²) >= 11 is 6.01. The van der Waals surface area contributed by atoms with Gasteiger partial charge in [-0.25, -0.2) is 9.78 Å². The first-order valence-corrected chi connectivity index (χ1v) is 10.6.